The molecule has 37 heavy (non-hydrogen) atoms. The van der Waals surface area contributed by atoms with Crippen molar-refractivity contribution in [3.63, 3.8) is 0 Å². The van der Waals surface area contributed by atoms with Crippen LogP contribution >= 0.6 is 11.8 Å². The summed E-state index contributed by atoms with van der Waals surface area (Å²) in [5.74, 6) is 0.506. The van der Waals surface area contributed by atoms with E-state index in [-0.39, 0.29) is 12.5 Å². The number of anilines is 2. The van der Waals surface area contributed by atoms with Crippen molar-refractivity contribution >= 4 is 35.3 Å². The number of rotatable bonds is 9. The second-order valence-corrected chi connectivity index (χ2v) is 9.72. The molecule has 4 rings (SSSR count). The molecule has 0 fully saturated rings. The number of thioether (sulfide) groups is 1. The van der Waals surface area contributed by atoms with Gasteiger partial charge in [-0.05, 0) is 36.4 Å². The molecule has 2 N–H and O–H groups in total. The predicted molar refractivity (Wildman–Crippen MR) is 144 cm³/mol. The minimum atomic E-state index is -0.812. The minimum Gasteiger partial charge on any atom is -0.450 e. The first-order valence-corrected chi connectivity index (χ1v) is 13.2. The largest absolute Gasteiger partial charge is 0.450 e. The van der Waals surface area contributed by atoms with Crippen LogP contribution in [0, 0.1) is 0 Å². The lowest BCUT2D eigenvalue weighted by atomic mass is 9.92. The number of hydrogen-bond acceptors (Lipinski definition) is 8. The van der Waals surface area contributed by atoms with Crippen LogP contribution in [-0.4, -0.2) is 55.0 Å². The third-order valence-electron chi connectivity index (χ3n) is 6.41. The van der Waals surface area contributed by atoms with Crippen LogP contribution in [0.1, 0.15) is 34.8 Å². The SMILES string of the molecule is CSc1ncc2c(n1)N(C)CCN(c1cccc(COC(C)(CCOC(N)=O)c3ccccc3)c1)C2=O. The van der Waals surface area contributed by atoms with Crippen LogP contribution in [0.4, 0.5) is 16.3 Å². The number of carbonyl (C=O) groups is 2. The maximum atomic E-state index is 13.5. The van der Waals surface area contributed by atoms with Gasteiger partial charge in [-0.25, -0.2) is 14.8 Å². The van der Waals surface area contributed by atoms with Crippen LogP contribution < -0.4 is 15.5 Å². The highest BCUT2D eigenvalue weighted by Crippen LogP contribution is 2.32. The molecule has 2 amide bonds. The fourth-order valence-electron chi connectivity index (χ4n) is 4.24. The quantitative estimate of drug-likeness (QED) is 0.329. The van der Waals surface area contributed by atoms with Crippen LogP contribution in [-0.2, 0) is 21.7 Å². The van der Waals surface area contributed by atoms with E-state index in [0.29, 0.717) is 42.7 Å². The Morgan fingerprint density at radius 1 is 1.16 bits per heavy atom. The van der Waals surface area contributed by atoms with E-state index >= 15 is 0 Å². The third kappa shape index (κ3) is 6.20. The Labute approximate surface area is 221 Å². The summed E-state index contributed by atoms with van der Waals surface area (Å²) in [4.78, 5) is 37.2. The third-order valence-corrected chi connectivity index (χ3v) is 6.97. The first-order chi connectivity index (χ1) is 17.8. The number of likely N-dealkylation sites (N-methyl/N-ethyl adjacent to an activating group) is 1. The highest BCUT2D eigenvalue weighted by molar-refractivity contribution is 7.98. The van der Waals surface area contributed by atoms with E-state index in [1.54, 1.807) is 11.1 Å². The van der Waals surface area contributed by atoms with Crippen molar-refractivity contribution in [1.82, 2.24) is 9.97 Å². The van der Waals surface area contributed by atoms with Crippen LogP contribution in [0.25, 0.3) is 0 Å². The molecule has 0 aliphatic carbocycles. The molecule has 2 aromatic carbocycles. The zero-order valence-corrected chi connectivity index (χ0v) is 22.0. The number of aromatic nitrogens is 2. The molecule has 0 spiro atoms. The number of ether oxygens (including phenoxy) is 2. The van der Waals surface area contributed by atoms with Gasteiger partial charge in [0.05, 0.1) is 18.8 Å². The number of hydrogen-bond donors (Lipinski definition) is 1. The summed E-state index contributed by atoms with van der Waals surface area (Å²) in [5, 5.41) is 0.633. The summed E-state index contributed by atoms with van der Waals surface area (Å²) in [7, 11) is 1.93. The number of nitrogens with two attached hydrogens (primary N) is 1. The maximum absolute atomic E-state index is 13.5. The molecule has 0 radical (unpaired) electrons. The van der Waals surface area contributed by atoms with Gasteiger partial charge in [-0.15, -0.1) is 0 Å². The number of primary amides is 1. The Morgan fingerprint density at radius 3 is 2.68 bits per heavy atom. The second-order valence-electron chi connectivity index (χ2n) is 8.95. The molecule has 194 valence electrons. The number of benzene rings is 2. The topological polar surface area (TPSA) is 111 Å². The average molecular weight is 522 g/mol. The zero-order chi connectivity index (χ0) is 26.4. The standard InChI is InChI=1S/C27H31N5O4S/c1-27(12-15-35-25(28)34,20-9-5-4-6-10-20)36-18-19-8-7-11-21(16-19)32-14-13-31(2)23-22(24(32)33)17-29-26(30-23)37-3/h4-11,16-17H,12-15,18H2,1-3H3,(H2,28,34). The van der Waals surface area contributed by atoms with E-state index in [1.165, 1.54) is 11.8 Å². The summed E-state index contributed by atoms with van der Waals surface area (Å²) in [5.41, 5.74) is 7.56. The maximum Gasteiger partial charge on any atom is 0.404 e. The molecule has 3 aromatic rings. The Balaban J connectivity index is 1.54. The molecule has 2 heterocycles. The second kappa shape index (κ2) is 11.6. The summed E-state index contributed by atoms with van der Waals surface area (Å²) in [6, 6.07) is 17.5. The molecule has 1 unspecified atom stereocenters. The fourth-order valence-corrected chi connectivity index (χ4v) is 4.58. The van der Waals surface area contributed by atoms with E-state index in [4.69, 9.17) is 15.2 Å². The Kier molecular flexibility index (Phi) is 8.30. The van der Waals surface area contributed by atoms with Crippen molar-refractivity contribution in [1.29, 1.82) is 0 Å². The molecule has 1 aliphatic rings. The van der Waals surface area contributed by atoms with Crippen LogP contribution in [0.2, 0.25) is 0 Å². The molecule has 0 bridgehead atoms. The lowest BCUT2D eigenvalue weighted by molar-refractivity contribution is -0.0629. The van der Waals surface area contributed by atoms with Gasteiger partial charge < -0.3 is 25.0 Å². The van der Waals surface area contributed by atoms with Crippen molar-refractivity contribution < 1.29 is 19.1 Å². The number of carbonyl (C=O) groups excluding carboxylic acids is 2. The molecule has 1 aliphatic heterocycles. The number of amides is 2. The zero-order valence-electron chi connectivity index (χ0n) is 21.2. The van der Waals surface area contributed by atoms with E-state index in [2.05, 4.69) is 9.97 Å². The fraction of sp³-hybridized carbons (Fsp3) is 0.333. The van der Waals surface area contributed by atoms with Crippen molar-refractivity contribution in [2.24, 2.45) is 5.73 Å². The lowest BCUT2D eigenvalue weighted by Crippen LogP contribution is -2.33. The molecule has 10 heteroatoms. The smallest absolute Gasteiger partial charge is 0.404 e. The Hall–Kier alpha value is -3.63. The highest BCUT2D eigenvalue weighted by Gasteiger charge is 2.30. The predicted octanol–water partition coefficient (Wildman–Crippen LogP) is 4.21. The van der Waals surface area contributed by atoms with Gasteiger partial charge in [-0.2, -0.15) is 0 Å². The van der Waals surface area contributed by atoms with Gasteiger partial charge in [-0.3, -0.25) is 4.79 Å². The van der Waals surface area contributed by atoms with Gasteiger partial charge in [0, 0.05) is 38.4 Å². The molecule has 0 saturated heterocycles. The summed E-state index contributed by atoms with van der Waals surface area (Å²) >= 11 is 1.44. The normalized spacial score (nSPS) is 15.1. The van der Waals surface area contributed by atoms with Gasteiger partial charge in [-0.1, -0.05) is 54.2 Å². The van der Waals surface area contributed by atoms with E-state index < -0.39 is 11.7 Å². The minimum absolute atomic E-state index is 0.135. The summed E-state index contributed by atoms with van der Waals surface area (Å²) in [6.45, 7) is 3.54. The molecule has 0 saturated carbocycles. The van der Waals surface area contributed by atoms with Gasteiger partial charge in [0.2, 0.25) is 0 Å². The Bertz CT molecular complexity index is 1260. The first kappa shape index (κ1) is 26.4. The molecule has 1 atom stereocenters. The molecule has 9 nitrogen and oxygen atoms in total. The van der Waals surface area contributed by atoms with E-state index in [0.717, 1.165) is 16.8 Å². The van der Waals surface area contributed by atoms with Crippen molar-refractivity contribution in [3.8, 4) is 0 Å². The molecular weight excluding hydrogens is 490 g/mol. The van der Waals surface area contributed by atoms with Crippen LogP contribution in [0.15, 0.2) is 66.0 Å². The average Bonchev–Trinajstić information content (AvgIpc) is 3.03. The van der Waals surface area contributed by atoms with Crippen LogP contribution in [0.5, 0.6) is 0 Å². The summed E-state index contributed by atoms with van der Waals surface area (Å²) < 4.78 is 11.4. The molecular formula is C27H31N5O4S. The number of nitrogens with zero attached hydrogens (tertiary/aromatic N) is 4. The van der Waals surface area contributed by atoms with Crippen molar-refractivity contribution in [2.75, 3.05) is 42.8 Å². The van der Waals surface area contributed by atoms with Crippen molar-refractivity contribution in [2.45, 2.75) is 30.7 Å². The molecule has 1 aromatic heterocycles. The summed E-state index contributed by atoms with van der Waals surface area (Å²) in [6.07, 6.45) is 3.14. The van der Waals surface area contributed by atoms with Gasteiger partial charge in [0.15, 0.2) is 5.16 Å². The Morgan fingerprint density at radius 2 is 1.95 bits per heavy atom. The monoisotopic (exact) mass is 521 g/mol. The first-order valence-electron chi connectivity index (χ1n) is 12.0. The number of fused-ring (bicyclic) bond motifs is 1. The van der Waals surface area contributed by atoms with E-state index in [9.17, 15) is 9.59 Å². The van der Waals surface area contributed by atoms with Gasteiger partial charge in [0.25, 0.3) is 5.91 Å². The van der Waals surface area contributed by atoms with Crippen LogP contribution in [0.3, 0.4) is 0 Å². The van der Waals surface area contributed by atoms with Gasteiger partial charge in [0.1, 0.15) is 11.4 Å². The van der Waals surface area contributed by atoms with Gasteiger partial charge >= 0.3 is 6.09 Å². The van der Waals surface area contributed by atoms with E-state index in [1.807, 2.05) is 79.7 Å². The van der Waals surface area contributed by atoms with Crippen molar-refractivity contribution in [3.05, 3.63) is 77.5 Å². The highest BCUT2D eigenvalue weighted by atomic mass is 32.2. The lowest BCUT2D eigenvalue weighted by Gasteiger charge is -2.31.